The standard InChI is InChI=1S/C17H23N3O/c1-21-17-8-7-13(9-16(17)14-11-19-20-12-14)10-18-15-5-3-2-4-6-15/h7-9,11-12,15,18H,2-6,10H2,1H3,(H,19,20). The zero-order valence-corrected chi connectivity index (χ0v) is 12.6. The number of hydrogen-bond acceptors (Lipinski definition) is 3. The highest BCUT2D eigenvalue weighted by Crippen LogP contribution is 2.30. The molecule has 1 aliphatic rings. The number of rotatable bonds is 5. The Morgan fingerprint density at radius 3 is 2.86 bits per heavy atom. The lowest BCUT2D eigenvalue weighted by Gasteiger charge is -2.23. The van der Waals surface area contributed by atoms with Gasteiger partial charge < -0.3 is 10.1 Å². The summed E-state index contributed by atoms with van der Waals surface area (Å²) in [4.78, 5) is 0. The maximum Gasteiger partial charge on any atom is 0.126 e. The molecule has 1 aromatic carbocycles. The maximum atomic E-state index is 5.46. The van der Waals surface area contributed by atoms with Crippen LogP contribution in [0.15, 0.2) is 30.6 Å². The minimum Gasteiger partial charge on any atom is -0.496 e. The summed E-state index contributed by atoms with van der Waals surface area (Å²) in [6.07, 6.45) is 10.5. The van der Waals surface area contributed by atoms with Crippen molar-refractivity contribution in [1.82, 2.24) is 15.5 Å². The first-order valence-electron chi connectivity index (χ1n) is 7.76. The smallest absolute Gasteiger partial charge is 0.126 e. The highest BCUT2D eigenvalue weighted by atomic mass is 16.5. The summed E-state index contributed by atoms with van der Waals surface area (Å²) in [5, 5.41) is 10.6. The van der Waals surface area contributed by atoms with Crippen LogP contribution in [-0.4, -0.2) is 23.3 Å². The molecule has 4 heteroatoms. The third-order valence-electron chi connectivity index (χ3n) is 4.27. The summed E-state index contributed by atoms with van der Waals surface area (Å²) < 4.78 is 5.46. The van der Waals surface area contributed by atoms with Crippen LogP contribution < -0.4 is 10.1 Å². The minimum atomic E-state index is 0.679. The second-order valence-electron chi connectivity index (χ2n) is 5.74. The Hall–Kier alpha value is -1.81. The van der Waals surface area contributed by atoms with Gasteiger partial charge in [-0.2, -0.15) is 5.10 Å². The van der Waals surface area contributed by atoms with Crippen LogP contribution in [0.25, 0.3) is 11.1 Å². The molecule has 2 N–H and O–H groups in total. The third kappa shape index (κ3) is 3.45. The van der Waals surface area contributed by atoms with Crippen LogP contribution in [0.5, 0.6) is 5.75 Å². The first-order valence-corrected chi connectivity index (χ1v) is 7.76. The van der Waals surface area contributed by atoms with Gasteiger partial charge in [-0.25, -0.2) is 0 Å². The second kappa shape index (κ2) is 6.76. The molecule has 4 nitrogen and oxygen atoms in total. The molecule has 0 aliphatic heterocycles. The van der Waals surface area contributed by atoms with Gasteiger partial charge in [0.2, 0.25) is 0 Å². The molecule has 21 heavy (non-hydrogen) atoms. The Morgan fingerprint density at radius 1 is 1.29 bits per heavy atom. The molecule has 0 saturated heterocycles. The van der Waals surface area contributed by atoms with Gasteiger partial charge in [-0.05, 0) is 30.5 Å². The second-order valence-corrected chi connectivity index (χ2v) is 5.74. The third-order valence-corrected chi connectivity index (χ3v) is 4.27. The molecule has 112 valence electrons. The fourth-order valence-corrected chi connectivity index (χ4v) is 3.06. The van der Waals surface area contributed by atoms with Crippen molar-refractivity contribution in [2.45, 2.75) is 44.7 Å². The van der Waals surface area contributed by atoms with E-state index < -0.39 is 0 Å². The number of ether oxygens (including phenoxy) is 1. The van der Waals surface area contributed by atoms with Crippen LogP contribution in [0.3, 0.4) is 0 Å². The minimum absolute atomic E-state index is 0.679. The average Bonchev–Trinajstić information content (AvgIpc) is 3.08. The predicted molar refractivity (Wildman–Crippen MR) is 84.3 cm³/mol. The van der Waals surface area contributed by atoms with E-state index in [-0.39, 0.29) is 0 Å². The van der Waals surface area contributed by atoms with E-state index in [0.29, 0.717) is 6.04 Å². The van der Waals surface area contributed by atoms with E-state index in [0.717, 1.165) is 23.4 Å². The van der Waals surface area contributed by atoms with Gasteiger partial charge in [0.25, 0.3) is 0 Å². The summed E-state index contributed by atoms with van der Waals surface area (Å²) >= 11 is 0. The maximum absolute atomic E-state index is 5.46. The number of methoxy groups -OCH3 is 1. The van der Waals surface area contributed by atoms with Gasteiger partial charge in [-0.3, -0.25) is 5.10 Å². The molecule has 1 aliphatic carbocycles. The predicted octanol–water partition coefficient (Wildman–Crippen LogP) is 3.51. The SMILES string of the molecule is COc1ccc(CNC2CCCCC2)cc1-c1cn[nH]c1. The van der Waals surface area contributed by atoms with Crippen molar-refractivity contribution in [2.75, 3.05) is 7.11 Å². The molecule has 0 amide bonds. The van der Waals surface area contributed by atoms with E-state index >= 15 is 0 Å². The Labute approximate surface area is 125 Å². The Morgan fingerprint density at radius 2 is 2.14 bits per heavy atom. The Kier molecular flexibility index (Phi) is 4.55. The lowest BCUT2D eigenvalue weighted by atomic mass is 9.95. The molecule has 0 unspecified atom stereocenters. The first-order chi connectivity index (χ1) is 10.4. The van der Waals surface area contributed by atoms with Crippen LogP contribution in [0.4, 0.5) is 0 Å². The number of nitrogens with zero attached hydrogens (tertiary/aromatic N) is 1. The fourth-order valence-electron chi connectivity index (χ4n) is 3.06. The van der Waals surface area contributed by atoms with Gasteiger partial charge in [-0.1, -0.05) is 25.3 Å². The molecule has 0 radical (unpaired) electrons. The zero-order chi connectivity index (χ0) is 14.5. The highest BCUT2D eigenvalue weighted by molar-refractivity contribution is 5.70. The van der Waals surface area contributed by atoms with Crippen LogP contribution in [0, 0.1) is 0 Å². The molecule has 1 heterocycles. The topological polar surface area (TPSA) is 49.9 Å². The van der Waals surface area contributed by atoms with Crippen LogP contribution >= 0.6 is 0 Å². The summed E-state index contributed by atoms with van der Waals surface area (Å²) in [6.45, 7) is 0.916. The zero-order valence-electron chi connectivity index (χ0n) is 12.6. The van der Waals surface area contributed by atoms with E-state index in [2.05, 4.69) is 27.6 Å². The fraction of sp³-hybridized carbons (Fsp3) is 0.471. The number of nitrogens with one attached hydrogen (secondary N) is 2. The van der Waals surface area contributed by atoms with Crippen LogP contribution in [-0.2, 0) is 6.54 Å². The Bertz CT molecular complexity index is 559. The molecule has 3 rings (SSSR count). The summed E-state index contributed by atoms with van der Waals surface area (Å²) in [7, 11) is 1.71. The van der Waals surface area contributed by atoms with Crippen molar-refractivity contribution >= 4 is 0 Å². The molecule has 1 fully saturated rings. The Balaban J connectivity index is 1.72. The van der Waals surface area contributed by atoms with E-state index in [4.69, 9.17) is 4.74 Å². The van der Waals surface area contributed by atoms with E-state index in [1.165, 1.54) is 37.7 Å². The number of benzene rings is 1. The van der Waals surface area contributed by atoms with Gasteiger partial charge >= 0.3 is 0 Å². The van der Waals surface area contributed by atoms with Gasteiger partial charge in [0.15, 0.2) is 0 Å². The molecule has 0 spiro atoms. The number of aromatic amines is 1. The largest absolute Gasteiger partial charge is 0.496 e. The average molecular weight is 285 g/mol. The van der Waals surface area contributed by atoms with Gasteiger partial charge in [-0.15, -0.1) is 0 Å². The molecular weight excluding hydrogens is 262 g/mol. The van der Waals surface area contributed by atoms with E-state index in [1.807, 2.05) is 18.5 Å². The van der Waals surface area contributed by atoms with Gasteiger partial charge in [0.05, 0.1) is 13.3 Å². The van der Waals surface area contributed by atoms with Crippen molar-refractivity contribution in [3.8, 4) is 16.9 Å². The number of H-pyrrole nitrogens is 1. The summed E-state index contributed by atoms with van der Waals surface area (Å²) in [5.74, 6) is 0.887. The molecular formula is C17H23N3O. The normalized spacial score (nSPS) is 16.0. The van der Waals surface area contributed by atoms with Crippen molar-refractivity contribution < 1.29 is 4.74 Å². The lowest BCUT2D eigenvalue weighted by molar-refractivity contribution is 0.372. The van der Waals surface area contributed by atoms with Crippen LogP contribution in [0.1, 0.15) is 37.7 Å². The molecule has 1 aromatic heterocycles. The van der Waals surface area contributed by atoms with Crippen molar-refractivity contribution in [1.29, 1.82) is 0 Å². The molecule has 0 atom stereocenters. The van der Waals surface area contributed by atoms with Crippen molar-refractivity contribution in [3.63, 3.8) is 0 Å². The monoisotopic (exact) mass is 285 g/mol. The molecule has 1 saturated carbocycles. The van der Waals surface area contributed by atoms with Crippen LogP contribution in [0.2, 0.25) is 0 Å². The number of aromatic nitrogens is 2. The van der Waals surface area contributed by atoms with Crippen molar-refractivity contribution in [3.05, 3.63) is 36.2 Å². The van der Waals surface area contributed by atoms with Gasteiger partial charge in [0, 0.05) is 29.9 Å². The molecule has 0 bridgehead atoms. The quantitative estimate of drug-likeness (QED) is 0.884. The summed E-state index contributed by atoms with van der Waals surface area (Å²) in [5.41, 5.74) is 3.44. The summed E-state index contributed by atoms with van der Waals surface area (Å²) in [6, 6.07) is 7.05. The van der Waals surface area contributed by atoms with E-state index in [1.54, 1.807) is 7.11 Å². The lowest BCUT2D eigenvalue weighted by Crippen LogP contribution is -2.30. The van der Waals surface area contributed by atoms with Gasteiger partial charge in [0.1, 0.15) is 5.75 Å². The molecule has 2 aromatic rings. The van der Waals surface area contributed by atoms with Crippen molar-refractivity contribution in [2.24, 2.45) is 0 Å². The first kappa shape index (κ1) is 14.1. The number of hydrogen-bond donors (Lipinski definition) is 2. The van der Waals surface area contributed by atoms with E-state index in [9.17, 15) is 0 Å². The highest BCUT2D eigenvalue weighted by Gasteiger charge is 2.13.